The van der Waals surface area contributed by atoms with E-state index >= 15 is 0 Å². The van der Waals surface area contributed by atoms with Crippen LogP contribution < -0.4 is 11.5 Å². The summed E-state index contributed by atoms with van der Waals surface area (Å²) in [7, 11) is -8.39. The summed E-state index contributed by atoms with van der Waals surface area (Å²) in [6.45, 7) is -0.248. The summed E-state index contributed by atoms with van der Waals surface area (Å²) in [6.07, 6.45) is 0. The fourth-order valence-corrected chi connectivity index (χ4v) is 5.36. The average Bonchev–Trinajstić information content (AvgIpc) is 2.94. The van der Waals surface area contributed by atoms with Gasteiger partial charge in [-0.2, -0.15) is 13.5 Å². The maximum absolute atomic E-state index is 12.4. The van der Waals surface area contributed by atoms with Crippen LogP contribution in [-0.4, -0.2) is 44.3 Å². The van der Waals surface area contributed by atoms with Crippen molar-refractivity contribution in [1.29, 1.82) is 0 Å². The average molecular weight is 665 g/mol. The number of nitrogens with zero attached hydrogens (tertiary/aromatic N) is 4. The van der Waals surface area contributed by atoms with E-state index in [1.807, 2.05) is 0 Å². The Labute approximate surface area is 246 Å². The minimum atomic E-state index is -4.69. The van der Waals surface area contributed by atoms with Crippen molar-refractivity contribution < 1.29 is 54.8 Å². The number of rotatable bonds is 15. The van der Waals surface area contributed by atoms with Crippen LogP contribution in [0.5, 0.6) is 0 Å². The van der Waals surface area contributed by atoms with Crippen molar-refractivity contribution in [3.63, 3.8) is 0 Å². The van der Waals surface area contributed by atoms with Gasteiger partial charge in [0.1, 0.15) is 22.0 Å². The summed E-state index contributed by atoms with van der Waals surface area (Å²) in [5, 5.41) is 39.0. The number of hydrogen-bond acceptors (Lipinski definition) is 19. The van der Waals surface area contributed by atoms with Gasteiger partial charge in [0.05, 0.1) is 46.4 Å². The molecule has 22 heteroatoms. The van der Waals surface area contributed by atoms with Crippen LogP contribution >= 0.6 is 24.4 Å². The molecule has 0 amide bonds. The lowest BCUT2D eigenvalue weighted by molar-refractivity contribution is -0.434. The lowest BCUT2D eigenvalue weighted by atomic mass is 10.2. The number of sulfone groups is 1. The smallest absolute Gasteiger partial charge is 0.296 e. The molecule has 0 aliphatic rings. The minimum Gasteiger partial charge on any atom is -0.397 e. The fraction of sp³-hybridized carbons (Fsp3) is 0.100. The van der Waals surface area contributed by atoms with Crippen molar-refractivity contribution in [3.8, 4) is 0 Å². The lowest BCUT2D eigenvalue weighted by Crippen LogP contribution is -2.10. The van der Waals surface area contributed by atoms with Crippen LogP contribution in [0.2, 0.25) is 0 Å². The molecular formula is C20H20N6O12S4. The number of benzene rings is 3. The molecule has 0 heterocycles. The Balaban J connectivity index is 1.81. The molecule has 0 saturated heterocycles. The molecular weight excluding hydrogens is 645 g/mol. The fourth-order valence-electron chi connectivity index (χ4n) is 2.95. The van der Waals surface area contributed by atoms with E-state index in [2.05, 4.69) is 39.2 Å². The third-order valence-corrected chi connectivity index (χ3v) is 8.37. The monoisotopic (exact) mass is 664 g/mol. The van der Waals surface area contributed by atoms with E-state index < -0.39 is 24.9 Å². The maximum Gasteiger partial charge on any atom is 0.296 e. The molecule has 3 aromatic rings. The van der Waals surface area contributed by atoms with Gasteiger partial charge in [-0.15, -0.1) is 24.0 Å². The van der Waals surface area contributed by atoms with Gasteiger partial charge in [-0.25, -0.2) is 18.9 Å². The van der Waals surface area contributed by atoms with Crippen LogP contribution in [0.25, 0.3) is 0 Å². The molecule has 3 aromatic carbocycles. The van der Waals surface area contributed by atoms with E-state index in [4.69, 9.17) is 26.2 Å². The first-order valence-electron chi connectivity index (χ1n) is 10.8. The topological polar surface area (TPSA) is 277 Å². The molecule has 0 spiro atoms. The second-order valence-corrected chi connectivity index (χ2v) is 12.3. The highest BCUT2D eigenvalue weighted by Crippen LogP contribution is 2.37. The van der Waals surface area contributed by atoms with Crippen molar-refractivity contribution in [3.05, 3.63) is 54.6 Å². The van der Waals surface area contributed by atoms with E-state index in [1.54, 1.807) is 0 Å². The first-order valence-corrected chi connectivity index (χ1v) is 15.3. The Morgan fingerprint density at radius 1 is 0.762 bits per heavy atom. The predicted octanol–water partition coefficient (Wildman–Crippen LogP) is 5.13. The molecule has 0 unspecified atom stereocenters. The van der Waals surface area contributed by atoms with Crippen molar-refractivity contribution in [2.75, 3.05) is 23.8 Å². The summed E-state index contributed by atoms with van der Waals surface area (Å²) < 4.78 is 70.9. The predicted molar refractivity (Wildman–Crippen MR) is 147 cm³/mol. The minimum absolute atomic E-state index is 0.00810. The summed E-state index contributed by atoms with van der Waals surface area (Å²) in [5.74, 6) is -0.380. The van der Waals surface area contributed by atoms with Crippen molar-refractivity contribution in [2.45, 2.75) is 14.7 Å². The van der Waals surface area contributed by atoms with E-state index in [-0.39, 0.29) is 68.6 Å². The largest absolute Gasteiger partial charge is 0.397 e. The van der Waals surface area contributed by atoms with Crippen molar-refractivity contribution in [2.24, 2.45) is 20.5 Å². The summed E-state index contributed by atoms with van der Waals surface area (Å²) in [4.78, 5) is -0.345. The van der Waals surface area contributed by atoms with Gasteiger partial charge in [0.15, 0.2) is 22.2 Å². The van der Waals surface area contributed by atoms with Gasteiger partial charge in [-0.3, -0.25) is 8.74 Å². The van der Waals surface area contributed by atoms with Crippen LogP contribution in [0.4, 0.5) is 34.1 Å². The first kappa shape index (κ1) is 33.2. The quantitative estimate of drug-likeness (QED) is 0.0268. The molecule has 0 aliphatic heterocycles. The Bertz CT molecular complexity index is 1650. The highest BCUT2D eigenvalue weighted by molar-refractivity contribution is 7.94. The molecule has 0 aliphatic carbocycles. The zero-order valence-corrected chi connectivity index (χ0v) is 24.0. The van der Waals surface area contributed by atoms with Gasteiger partial charge in [0, 0.05) is 4.90 Å². The Hall–Kier alpha value is -3.26. The molecule has 0 atom stereocenters. The van der Waals surface area contributed by atoms with E-state index in [9.17, 15) is 21.4 Å². The number of hydrogen-bond donors (Lipinski definition) is 5. The third kappa shape index (κ3) is 9.65. The summed E-state index contributed by atoms with van der Waals surface area (Å²) in [6, 6.07) is 11.5. The molecule has 0 fully saturated rings. The van der Waals surface area contributed by atoms with Crippen LogP contribution in [-0.2, 0) is 42.9 Å². The third-order valence-electron chi connectivity index (χ3n) is 4.82. The standard InChI is InChI=1S/C20H20N6O12S4/c21-15-10-16(22)18(25-26-19-9-13(39-37-35-27)3-6-20(19)42(31,32)33)11-17(15)24-23-12-1-4-14(5-2-12)41(29,30)8-7-34-40-38-36-28/h1-6,9-11,27-28H,7-8,21-22H2,(H,31,32,33)/b24-23+,26-25+. The molecule has 226 valence electrons. The van der Waals surface area contributed by atoms with Crippen LogP contribution in [0.15, 0.2) is 89.7 Å². The zero-order valence-electron chi connectivity index (χ0n) is 20.7. The van der Waals surface area contributed by atoms with E-state index in [0.717, 1.165) is 6.07 Å². The maximum atomic E-state index is 12.4. The Kier molecular flexibility index (Phi) is 12.1. The van der Waals surface area contributed by atoms with Crippen LogP contribution in [0.3, 0.4) is 0 Å². The summed E-state index contributed by atoms with van der Waals surface area (Å²) >= 11 is 0.780. The molecule has 0 radical (unpaired) electrons. The van der Waals surface area contributed by atoms with Crippen LogP contribution in [0.1, 0.15) is 0 Å². The zero-order chi connectivity index (χ0) is 30.8. The molecule has 18 nitrogen and oxygen atoms in total. The normalized spacial score (nSPS) is 12.5. The number of azo groups is 2. The first-order chi connectivity index (χ1) is 19.9. The number of nitrogen functional groups attached to an aromatic ring is 2. The second-order valence-electron chi connectivity index (χ2n) is 7.55. The molecule has 0 bridgehead atoms. The molecule has 0 saturated carbocycles. The lowest BCUT2D eigenvalue weighted by Gasteiger charge is -2.06. The molecule has 0 aromatic heterocycles. The number of nitrogens with two attached hydrogens (primary N) is 2. The molecule has 3 rings (SSSR count). The van der Waals surface area contributed by atoms with Gasteiger partial charge in [0.25, 0.3) is 10.1 Å². The Morgan fingerprint density at radius 2 is 1.38 bits per heavy atom. The van der Waals surface area contributed by atoms with Gasteiger partial charge < -0.3 is 11.5 Å². The highest BCUT2D eigenvalue weighted by Gasteiger charge is 2.18. The van der Waals surface area contributed by atoms with Gasteiger partial charge in [-0.05, 0) is 54.6 Å². The van der Waals surface area contributed by atoms with E-state index in [1.165, 1.54) is 48.5 Å². The van der Waals surface area contributed by atoms with Crippen LogP contribution in [0, 0.1) is 0 Å². The van der Waals surface area contributed by atoms with Crippen molar-refractivity contribution >= 4 is 78.4 Å². The summed E-state index contributed by atoms with van der Waals surface area (Å²) in [5.41, 5.74) is 12.2. The Morgan fingerprint density at radius 3 is 2.00 bits per heavy atom. The van der Waals surface area contributed by atoms with Crippen molar-refractivity contribution in [1.82, 2.24) is 0 Å². The number of anilines is 2. The van der Waals surface area contributed by atoms with Gasteiger partial charge in [0.2, 0.25) is 0 Å². The molecule has 42 heavy (non-hydrogen) atoms. The van der Waals surface area contributed by atoms with Gasteiger partial charge in [-0.1, -0.05) is 10.1 Å². The SMILES string of the molecule is Nc1cc(N)c(/N=N/c2cc(SOOO)ccc2S(=O)(=O)O)cc1/N=N/c1ccc(S(=O)(=O)CCOSOOO)cc1. The van der Waals surface area contributed by atoms with E-state index in [0.29, 0.717) is 12.0 Å². The molecule has 7 N–H and O–H groups in total. The highest BCUT2D eigenvalue weighted by atomic mass is 32.2. The van der Waals surface area contributed by atoms with Gasteiger partial charge >= 0.3 is 0 Å². The second kappa shape index (κ2) is 15.3.